The van der Waals surface area contributed by atoms with E-state index in [2.05, 4.69) is 32.9 Å². The Bertz CT molecular complexity index is 838. The summed E-state index contributed by atoms with van der Waals surface area (Å²) in [5.41, 5.74) is 1.51. The number of benzene rings is 2. The van der Waals surface area contributed by atoms with E-state index in [1.807, 2.05) is 48.5 Å². The Morgan fingerprint density at radius 3 is 2.75 bits per heavy atom. The maximum Gasteiger partial charge on any atom is 0.253 e. The molecule has 2 aromatic carbocycles. The van der Waals surface area contributed by atoms with Gasteiger partial charge in [-0.1, -0.05) is 24.3 Å². The lowest BCUT2D eigenvalue weighted by molar-refractivity contribution is 0.0950. The van der Waals surface area contributed by atoms with Crippen molar-refractivity contribution in [2.24, 2.45) is 0 Å². The van der Waals surface area contributed by atoms with Crippen molar-refractivity contribution in [1.29, 1.82) is 0 Å². The molecular formula is C19H15IN2O2. The van der Waals surface area contributed by atoms with Crippen LogP contribution < -0.4 is 10.1 Å². The van der Waals surface area contributed by atoms with Crippen LogP contribution in [-0.4, -0.2) is 10.9 Å². The topological polar surface area (TPSA) is 51.2 Å². The van der Waals surface area contributed by atoms with E-state index in [9.17, 15) is 4.79 Å². The SMILES string of the molecule is O=C(NCc1cccc(Oc2ccccc2I)c1)c1cccnc1. The molecule has 1 heterocycles. The normalized spacial score (nSPS) is 10.2. The van der Waals surface area contributed by atoms with Crippen LogP contribution in [0.3, 0.4) is 0 Å². The van der Waals surface area contributed by atoms with Crippen molar-refractivity contribution in [3.05, 3.63) is 87.8 Å². The molecule has 1 N–H and O–H groups in total. The minimum atomic E-state index is -0.146. The van der Waals surface area contributed by atoms with Gasteiger partial charge in [0.2, 0.25) is 0 Å². The second-order valence-electron chi connectivity index (χ2n) is 5.10. The second kappa shape index (κ2) is 7.92. The molecule has 0 fully saturated rings. The number of carbonyl (C=O) groups excluding carboxylic acids is 1. The van der Waals surface area contributed by atoms with Crippen LogP contribution in [0, 0.1) is 3.57 Å². The predicted octanol–water partition coefficient (Wildman–Crippen LogP) is 4.41. The quantitative estimate of drug-likeness (QED) is 0.611. The molecule has 0 saturated heterocycles. The molecule has 0 saturated carbocycles. The molecule has 0 aliphatic heterocycles. The monoisotopic (exact) mass is 430 g/mol. The standard InChI is InChI=1S/C19H15IN2O2/c20-17-8-1-2-9-18(17)24-16-7-3-5-14(11-16)12-22-19(23)15-6-4-10-21-13-15/h1-11,13H,12H2,(H,22,23). The van der Waals surface area contributed by atoms with Crippen LogP contribution in [0.1, 0.15) is 15.9 Å². The van der Waals surface area contributed by atoms with Crippen molar-refractivity contribution >= 4 is 28.5 Å². The summed E-state index contributed by atoms with van der Waals surface area (Å²) < 4.78 is 6.96. The first-order valence-corrected chi connectivity index (χ1v) is 8.50. The molecule has 1 amide bonds. The molecule has 0 aliphatic carbocycles. The van der Waals surface area contributed by atoms with E-state index < -0.39 is 0 Å². The largest absolute Gasteiger partial charge is 0.456 e. The van der Waals surface area contributed by atoms with Gasteiger partial charge in [0.15, 0.2) is 0 Å². The zero-order valence-electron chi connectivity index (χ0n) is 12.8. The number of aromatic nitrogens is 1. The fraction of sp³-hybridized carbons (Fsp3) is 0.0526. The zero-order chi connectivity index (χ0) is 16.8. The minimum Gasteiger partial charge on any atom is -0.456 e. The summed E-state index contributed by atoms with van der Waals surface area (Å²) in [6.07, 6.45) is 3.19. The summed E-state index contributed by atoms with van der Waals surface area (Å²) in [7, 11) is 0. The Morgan fingerprint density at radius 2 is 1.96 bits per heavy atom. The number of halogens is 1. The Balaban J connectivity index is 1.65. The van der Waals surface area contributed by atoms with Crippen LogP contribution in [-0.2, 0) is 6.54 Å². The van der Waals surface area contributed by atoms with Gasteiger partial charge in [-0.05, 0) is 64.6 Å². The number of para-hydroxylation sites is 1. The molecule has 0 spiro atoms. The highest BCUT2D eigenvalue weighted by Crippen LogP contribution is 2.26. The van der Waals surface area contributed by atoms with E-state index in [4.69, 9.17) is 4.74 Å². The molecular weight excluding hydrogens is 415 g/mol. The number of ether oxygens (including phenoxy) is 1. The van der Waals surface area contributed by atoms with Gasteiger partial charge >= 0.3 is 0 Å². The van der Waals surface area contributed by atoms with Gasteiger partial charge in [-0.25, -0.2) is 0 Å². The third kappa shape index (κ3) is 4.32. The van der Waals surface area contributed by atoms with Gasteiger partial charge in [0.25, 0.3) is 5.91 Å². The van der Waals surface area contributed by atoms with E-state index in [-0.39, 0.29) is 5.91 Å². The first-order valence-electron chi connectivity index (χ1n) is 7.42. The fourth-order valence-corrected chi connectivity index (χ4v) is 2.65. The van der Waals surface area contributed by atoms with Crippen molar-refractivity contribution in [1.82, 2.24) is 10.3 Å². The van der Waals surface area contributed by atoms with E-state index >= 15 is 0 Å². The first-order chi connectivity index (χ1) is 11.7. The van der Waals surface area contributed by atoms with Crippen LogP contribution in [0.5, 0.6) is 11.5 Å². The van der Waals surface area contributed by atoms with Crippen LogP contribution in [0.4, 0.5) is 0 Å². The van der Waals surface area contributed by atoms with Crippen LogP contribution in [0.2, 0.25) is 0 Å². The van der Waals surface area contributed by atoms with E-state index in [1.165, 1.54) is 0 Å². The van der Waals surface area contributed by atoms with Crippen molar-refractivity contribution < 1.29 is 9.53 Å². The summed E-state index contributed by atoms with van der Waals surface area (Å²) in [6, 6.07) is 19.0. The molecule has 0 radical (unpaired) electrons. The molecule has 0 atom stereocenters. The van der Waals surface area contributed by atoms with Gasteiger partial charge in [-0.3, -0.25) is 9.78 Å². The lowest BCUT2D eigenvalue weighted by Gasteiger charge is -2.10. The molecule has 120 valence electrons. The predicted molar refractivity (Wildman–Crippen MR) is 101 cm³/mol. The number of hydrogen-bond donors (Lipinski definition) is 1. The number of nitrogens with zero attached hydrogens (tertiary/aromatic N) is 1. The molecule has 0 aliphatic rings. The van der Waals surface area contributed by atoms with Crippen molar-refractivity contribution in [2.75, 3.05) is 0 Å². The summed E-state index contributed by atoms with van der Waals surface area (Å²) in [6.45, 7) is 0.427. The molecule has 0 unspecified atom stereocenters. The molecule has 4 nitrogen and oxygen atoms in total. The number of hydrogen-bond acceptors (Lipinski definition) is 3. The zero-order valence-corrected chi connectivity index (χ0v) is 14.9. The van der Waals surface area contributed by atoms with Gasteiger partial charge in [0, 0.05) is 18.9 Å². The van der Waals surface area contributed by atoms with Gasteiger partial charge in [0.05, 0.1) is 9.13 Å². The Labute approximate surface area is 154 Å². The number of pyridine rings is 1. The molecule has 5 heteroatoms. The lowest BCUT2D eigenvalue weighted by Crippen LogP contribution is -2.22. The average molecular weight is 430 g/mol. The van der Waals surface area contributed by atoms with E-state index in [0.717, 1.165) is 20.6 Å². The summed E-state index contributed by atoms with van der Waals surface area (Å²) in [4.78, 5) is 16.0. The van der Waals surface area contributed by atoms with E-state index in [0.29, 0.717) is 12.1 Å². The smallest absolute Gasteiger partial charge is 0.253 e. The van der Waals surface area contributed by atoms with Gasteiger partial charge in [0.1, 0.15) is 11.5 Å². The number of rotatable bonds is 5. The molecule has 24 heavy (non-hydrogen) atoms. The molecule has 1 aromatic heterocycles. The molecule has 3 rings (SSSR count). The third-order valence-electron chi connectivity index (χ3n) is 3.34. The van der Waals surface area contributed by atoms with Gasteiger partial charge in [-0.15, -0.1) is 0 Å². The van der Waals surface area contributed by atoms with Crippen molar-refractivity contribution in [2.45, 2.75) is 6.54 Å². The summed E-state index contributed by atoms with van der Waals surface area (Å²) >= 11 is 2.24. The Hall–Kier alpha value is -2.41. The average Bonchev–Trinajstić information content (AvgIpc) is 2.63. The Morgan fingerprint density at radius 1 is 1.08 bits per heavy atom. The second-order valence-corrected chi connectivity index (χ2v) is 6.27. The number of carbonyl (C=O) groups is 1. The van der Waals surface area contributed by atoms with Crippen LogP contribution >= 0.6 is 22.6 Å². The maximum atomic E-state index is 12.1. The maximum absolute atomic E-state index is 12.1. The highest BCUT2D eigenvalue weighted by Gasteiger charge is 2.06. The Kier molecular flexibility index (Phi) is 5.43. The van der Waals surface area contributed by atoms with Gasteiger partial charge < -0.3 is 10.1 Å². The summed E-state index contributed by atoms with van der Waals surface area (Å²) in [5, 5.41) is 2.88. The third-order valence-corrected chi connectivity index (χ3v) is 4.23. The lowest BCUT2D eigenvalue weighted by atomic mass is 10.2. The first kappa shape index (κ1) is 16.4. The molecule has 3 aromatic rings. The van der Waals surface area contributed by atoms with E-state index in [1.54, 1.807) is 24.5 Å². The fourth-order valence-electron chi connectivity index (χ4n) is 2.15. The van der Waals surface area contributed by atoms with Crippen molar-refractivity contribution in [3.8, 4) is 11.5 Å². The minimum absolute atomic E-state index is 0.146. The number of amides is 1. The molecule has 0 bridgehead atoms. The summed E-state index contributed by atoms with van der Waals surface area (Å²) in [5.74, 6) is 1.41. The highest BCUT2D eigenvalue weighted by atomic mass is 127. The highest BCUT2D eigenvalue weighted by molar-refractivity contribution is 14.1. The number of nitrogens with one attached hydrogen (secondary N) is 1. The van der Waals surface area contributed by atoms with Crippen molar-refractivity contribution in [3.63, 3.8) is 0 Å². The van der Waals surface area contributed by atoms with Crippen LogP contribution in [0.15, 0.2) is 73.1 Å². The van der Waals surface area contributed by atoms with Gasteiger partial charge in [-0.2, -0.15) is 0 Å². The van der Waals surface area contributed by atoms with Crippen LogP contribution in [0.25, 0.3) is 0 Å².